The molecule has 0 aliphatic carbocycles. The zero-order chi connectivity index (χ0) is 20.1. The van der Waals surface area contributed by atoms with Crippen LogP contribution in [0.25, 0.3) is 0 Å². The maximum absolute atomic E-state index is 12.6. The van der Waals surface area contributed by atoms with E-state index in [2.05, 4.69) is 10.0 Å². The number of carbonyl (C=O) groups is 1. The normalized spacial score (nSPS) is 16.2. The van der Waals surface area contributed by atoms with E-state index in [1.165, 1.54) is 43.8 Å². The Morgan fingerprint density at radius 3 is 2.71 bits per heavy atom. The average Bonchev–Trinajstić information content (AvgIpc) is 2.70. The van der Waals surface area contributed by atoms with Gasteiger partial charge >= 0.3 is 0 Å². The lowest BCUT2D eigenvalue weighted by atomic mass is 10.3. The number of benzene rings is 2. The molecule has 2 N–H and O–H groups in total. The number of fused-ring (bicyclic) bond motifs is 1. The Balaban J connectivity index is 1.59. The highest BCUT2D eigenvalue weighted by Gasteiger charge is 2.27. The number of sulfonamides is 1. The maximum Gasteiger partial charge on any atom is 0.248 e. The lowest BCUT2D eigenvalue weighted by Gasteiger charge is -2.23. The summed E-state index contributed by atoms with van der Waals surface area (Å²) in [6.07, 6.45) is 0. The third-order valence-corrected chi connectivity index (χ3v) is 8.09. The van der Waals surface area contributed by atoms with Gasteiger partial charge in [-0.25, -0.2) is 13.1 Å². The van der Waals surface area contributed by atoms with Crippen molar-refractivity contribution in [2.45, 2.75) is 14.4 Å². The minimum Gasteiger partial charge on any atom is -0.497 e. The molecule has 1 amide bonds. The van der Waals surface area contributed by atoms with Crippen LogP contribution in [-0.2, 0) is 14.8 Å². The number of hydrogen-bond donors (Lipinski definition) is 2. The van der Waals surface area contributed by atoms with Crippen LogP contribution in [0, 0.1) is 0 Å². The molecule has 0 saturated carbocycles. The Morgan fingerprint density at radius 1 is 1.18 bits per heavy atom. The van der Waals surface area contributed by atoms with Gasteiger partial charge in [0.05, 0.1) is 19.9 Å². The molecule has 0 spiro atoms. The van der Waals surface area contributed by atoms with Crippen molar-refractivity contribution in [2.75, 3.05) is 31.8 Å². The van der Waals surface area contributed by atoms with Crippen LogP contribution in [0.5, 0.6) is 11.5 Å². The van der Waals surface area contributed by atoms with Gasteiger partial charge in [0.15, 0.2) is 0 Å². The molecule has 0 saturated heterocycles. The number of hydrogen-bond acceptors (Lipinski definition) is 7. The summed E-state index contributed by atoms with van der Waals surface area (Å²) in [5.74, 6) is 1.01. The molecule has 1 atom stereocenters. The fraction of sp³-hybridized carbons (Fsp3) is 0.278. The molecule has 7 nitrogen and oxygen atoms in total. The van der Waals surface area contributed by atoms with Gasteiger partial charge in [-0.1, -0.05) is 23.9 Å². The second-order valence-corrected chi connectivity index (χ2v) is 10.1. The lowest BCUT2D eigenvalue weighted by Crippen LogP contribution is -2.30. The van der Waals surface area contributed by atoms with Gasteiger partial charge in [0, 0.05) is 23.3 Å². The van der Waals surface area contributed by atoms with Crippen molar-refractivity contribution in [3.63, 3.8) is 0 Å². The number of nitrogens with one attached hydrogen (secondary N) is 2. The van der Waals surface area contributed by atoms with E-state index in [4.69, 9.17) is 9.47 Å². The van der Waals surface area contributed by atoms with Crippen LogP contribution < -0.4 is 19.5 Å². The monoisotopic (exact) mass is 440 g/mol. The molecule has 1 aliphatic heterocycles. The summed E-state index contributed by atoms with van der Waals surface area (Å²) >= 11 is 2.86. The fourth-order valence-electron chi connectivity index (χ4n) is 2.56. The van der Waals surface area contributed by atoms with Crippen LogP contribution >= 0.6 is 23.5 Å². The third-order valence-electron chi connectivity index (χ3n) is 3.92. The van der Waals surface area contributed by atoms with E-state index < -0.39 is 10.0 Å². The summed E-state index contributed by atoms with van der Waals surface area (Å²) < 4.78 is 37.7. The molecular weight excluding hydrogens is 420 g/mol. The average molecular weight is 441 g/mol. The summed E-state index contributed by atoms with van der Waals surface area (Å²) in [6, 6.07) is 12.2. The molecule has 28 heavy (non-hydrogen) atoms. The summed E-state index contributed by atoms with van der Waals surface area (Å²) in [5.41, 5.74) is 0.806. The summed E-state index contributed by atoms with van der Waals surface area (Å²) in [4.78, 5) is 13.2. The van der Waals surface area contributed by atoms with E-state index >= 15 is 0 Å². The van der Waals surface area contributed by atoms with Crippen molar-refractivity contribution in [1.29, 1.82) is 0 Å². The van der Waals surface area contributed by atoms with E-state index in [1.54, 1.807) is 12.1 Å². The fourth-order valence-corrected chi connectivity index (χ4v) is 6.22. The van der Waals surface area contributed by atoms with Gasteiger partial charge in [0.1, 0.15) is 21.0 Å². The number of ether oxygens (including phenoxy) is 2. The summed E-state index contributed by atoms with van der Waals surface area (Å²) in [7, 11) is -0.901. The Kier molecular flexibility index (Phi) is 6.76. The molecule has 0 aromatic heterocycles. The Labute approximate surface area is 172 Å². The largest absolute Gasteiger partial charge is 0.497 e. The predicted octanol–water partition coefficient (Wildman–Crippen LogP) is 2.79. The Morgan fingerprint density at radius 2 is 1.96 bits per heavy atom. The molecular formula is C18H20N2O5S3. The van der Waals surface area contributed by atoms with Gasteiger partial charge in [0.2, 0.25) is 15.9 Å². The first-order valence-corrected chi connectivity index (χ1v) is 11.8. The first-order chi connectivity index (χ1) is 13.4. The molecule has 3 rings (SSSR count). The number of amides is 1. The van der Waals surface area contributed by atoms with Crippen molar-refractivity contribution in [1.82, 2.24) is 4.72 Å². The zero-order valence-corrected chi connectivity index (χ0v) is 17.7. The van der Waals surface area contributed by atoms with E-state index in [-0.39, 0.29) is 27.7 Å². The van der Waals surface area contributed by atoms with Gasteiger partial charge in [-0.2, -0.15) is 0 Å². The van der Waals surface area contributed by atoms with E-state index in [0.29, 0.717) is 11.5 Å². The lowest BCUT2D eigenvalue weighted by molar-refractivity contribution is -0.114. The smallest absolute Gasteiger partial charge is 0.248 e. The number of para-hydroxylation sites is 1. The SMILES string of the molecule is COc1ccc(OC)c(S(=O)(=O)NCCSC2Sc3ccccc3NC2=O)c1. The van der Waals surface area contributed by atoms with Crippen molar-refractivity contribution in [2.24, 2.45) is 0 Å². The van der Waals surface area contributed by atoms with Crippen molar-refractivity contribution in [3.05, 3.63) is 42.5 Å². The van der Waals surface area contributed by atoms with Gasteiger partial charge in [-0.15, -0.1) is 11.8 Å². The Hall–Kier alpha value is -1.88. The molecule has 150 valence electrons. The zero-order valence-electron chi connectivity index (χ0n) is 15.3. The highest BCUT2D eigenvalue weighted by molar-refractivity contribution is 8.18. The molecule has 1 heterocycles. The topological polar surface area (TPSA) is 93.7 Å². The number of thioether (sulfide) groups is 2. The van der Waals surface area contributed by atoms with Gasteiger partial charge in [-0.3, -0.25) is 4.79 Å². The number of anilines is 1. The molecule has 1 aliphatic rings. The Bertz CT molecular complexity index is 965. The van der Waals surface area contributed by atoms with Crippen LogP contribution in [0.4, 0.5) is 5.69 Å². The first-order valence-electron chi connectivity index (χ1n) is 8.34. The first kappa shape index (κ1) is 20.8. The van der Waals surface area contributed by atoms with E-state index in [0.717, 1.165) is 10.6 Å². The quantitative estimate of drug-likeness (QED) is 0.610. The number of methoxy groups -OCH3 is 2. The van der Waals surface area contributed by atoms with Crippen LogP contribution in [0.15, 0.2) is 52.3 Å². The second kappa shape index (κ2) is 9.08. The van der Waals surface area contributed by atoms with Gasteiger partial charge < -0.3 is 14.8 Å². The molecule has 2 aromatic carbocycles. The molecule has 0 bridgehead atoms. The van der Waals surface area contributed by atoms with E-state index in [9.17, 15) is 13.2 Å². The molecule has 2 aromatic rings. The van der Waals surface area contributed by atoms with Crippen LogP contribution in [-0.4, -0.2) is 45.4 Å². The minimum atomic E-state index is -3.78. The van der Waals surface area contributed by atoms with Crippen molar-refractivity contribution >= 4 is 45.1 Å². The predicted molar refractivity (Wildman–Crippen MR) is 112 cm³/mol. The van der Waals surface area contributed by atoms with Crippen molar-refractivity contribution in [3.8, 4) is 11.5 Å². The standard InChI is InChI=1S/C18H20N2O5S3/c1-24-12-7-8-14(25-2)16(11-12)28(22,23)19-9-10-26-18-17(21)20-13-5-3-4-6-15(13)27-18/h3-8,11,18-19H,9-10H2,1-2H3,(H,20,21). The van der Waals surface area contributed by atoms with Gasteiger partial charge in [-0.05, 0) is 24.3 Å². The van der Waals surface area contributed by atoms with Crippen LogP contribution in [0.1, 0.15) is 0 Å². The van der Waals surface area contributed by atoms with Gasteiger partial charge in [0.25, 0.3) is 0 Å². The summed E-state index contributed by atoms with van der Waals surface area (Å²) in [6.45, 7) is 0.180. The number of carbonyl (C=O) groups excluding carboxylic acids is 1. The minimum absolute atomic E-state index is 0.0121. The maximum atomic E-state index is 12.6. The van der Waals surface area contributed by atoms with Crippen molar-refractivity contribution < 1.29 is 22.7 Å². The molecule has 10 heteroatoms. The second-order valence-electron chi connectivity index (χ2n) is 5.72. The third kappa shape index (κ3) is 4.75. The molecule has 0 fully saturated rings. The summed E-state index contributed by atoms with van der Waals surface area (Å²) in [5, 5.41) is 2.87. The number of rotatable bonds is 8. The van der Waals surface area contributed by atoms with Crippen LogP contribution in [0.2, 0.25) is 0 Å². The highest BCUT2D eigenvalue weighted by atomic mass is 32.2. The highest BCUT2D eigenvalue weighted by Crippen LogP contribution is 2.39. The molecule has 0 radical (unpaired) electrons. The van der Waals surface area contributed by atoms with Crippen LogP contribution in [0.3, 0.4) is 0 Å². The molecule has 1 unspecified atom stereocenters. The van der Waals surface area contributed by atoms with E-state index in [1.807, 2.05) is 24.3 Å².